The highest BCUT2D eigenvalue weighted by molar-refractivity contribution is 7.15. The van der Waals surface area contributed by atoms with Crippen LogP contribution in [0.5, 0.6) is 0 Å². The number of aromatic nitrogens is 7. The van der Waals surface area contributed by atoms with Crippen molar-refractivity contribution in [3.8, 4) is 33.1 Å². The first-order chi connectivity index (χ1) is 14.8. The molecule has 0 radical (unpaired) electrons. The van der Waals surface area contributed by atoms with Crippen LogP contribution in [0.2, 0.25) is 0 Å². The second-order valence-corrected chi connectivity index (χ2v) is 8.32. The summed E-state index contributed by atoms with van der Waals surface area (Å²) in [5.41, 5.74) is 6.37. The van der Waals surface area contributed by atoms with Crippen LogP contribution in [0.4, 0.5) is 0 Å². The highest BCUT2D eigenvalue weighted by Crippen LogP contribution is 2.35. The SMILES string of the molecule is Cc1ccc(-c2nccc3[nH]c(-c4[nH]nc5ncc(-c6cncnc6)cc45)cc23)s1. The van der Waals surface area contributed by atoms with E-state index in [2.05, 4.69) is 66.3 Å². The van der Waals surface area contributed by atoms with Crippen molar-refractivity contribution >= 4 is 33.3 Å². The van der Waals surface area contributed by atoms with E-state index in [-0.39, 0.29) is 0 Å². The minimum absolute atomic E-state index is 0.663. The molecule has 8 heteroatoms. The predicted molar refractivity (Wildman–Crippen MR) is 118 cm³/mol. The van der Waals surface area contributed by atoms with Crippen LogP contribution in [0.3, 0.4) is 0 Å². The van der Waals surface area contributed by atoms with Crippen molar-refractivity contribution in [2.24, 2.45) is 0 Å². The van der Waals surface area contributed by atoms with Gasteiger partial charge in [-0.25, -0.2) is 15.0 Å². The summed E-state index contributed by atoms with van der Waals surface area (Å²) in [5, 5.41) is 9.54. The van der Waals surface area contributed by atoms with Crippen molar-refractivity contribution in [2.45, 2.75) is 6.92 Å². The molecule has 0 aliphatic carbocycles. The van der Waals surface area contributed by atoms with Gasteiger partial charge in [-0.2, -0.15) is 5.10 Å². The Morgan fingerprint density at radius 3 is 2.63 bits per heavy atom. The van der Waals surface area contributed by atoms with Gasteiger partial charge in [0.05, 0.1) is 22.0 Å². The van der Waals surface area contributed by atoms with Gasteiger partial charge in [-0.05, 0) is 37.3 Å². The van der Waals surface area contributed by atoms with Crippen LogP contribution < -0.4 is 0 Å². The van der Waals surface area contributed by atoms with E-state index in [1.807, 2.05) is 12.3 Å². The summed E-state index contributed by atoms with van der Waals surface area (Å²) >= 11 is 1.75. The predicted octanol–water partition coefficient (Wildman–Crippen LogP) is 5.00. The Bertz CT molecular complexity index is 1510. The normalized spacial score (nSPS) is 11.5. The lowest BCUT2D eigenvalue weighted by Crippen LogP contribution is -1.85. The molecule has 0 aliphatic rings. The van der Waals surface area contributed by atoms with Gasteiger partial charge >= 0.3 is 0 Å². The number of fused-ring (bicyclic) bond motifs is 2. The molecule has 6 aromatic rings. The molecule has 0 unspecified atom stereocenters. The topological polar surface area (TPSA) is 96.0 Å². The Morgan fingerprint density at radius 1 is 0.900 bits per heavy atom. The smallest absolute Gasteiger partial charge is 0.181 e. The van der Waals surface area contributed by atoms with Gasteiger partial charge in [-0.1, -0.05) is 0 Å². The zero-order valence-corrected chi connectivity index (χ0v) is 16.7. The van der Waals surface area contributed by atoms with Gasteiger partial charge in [-0.3, -0.25) is 10.1 Å². The highest BCUT2D eigenvalue weighted by atomic mass is 32.1. The van der Waals surface area contributed by atoms with E-state index in [1.54, 1.807) is 29.9 Å². The molecular formula is C22H15N7S. The molecule has 0 fully saturated rings. The van der Waals surface area contributed by atoms with Crippen molar-refractivity contribution in [3.63, 3.8) is 0 Å². The molecule has 0 spiro atoms. The summed E-state index contributed by atoms with van der Waals surface area (Å²) in [6.07, 6.45) is 8.70. The van der Waals surface area contributed by atoms with Gasteiger partial charge in [0.15, 0.2) is 5.65 Å². The number of aryl methyl sites for hydroxylation is 1. The molecule has 6 heterocycles. The van der Waals surface area contributed by atoms with Crippen molar-refractivity contribution in [2.75, 3.05) is 0 Å². The van der Waals surface area contributed by atoms with E-state index in [0.717, 1.165) is 49.4 Å². The van der Waals surface area contributed by atoms with Crippen LogP contribution in [0.25, 0.3) is 55.0 Å². The van der Waals surface area contributed by atoms with E-state index in [0.29, 0.717) is 5.65 Å². The third kappa shape index (κ3) is 2.69. The molecule has 0 saturated heterocycles. The van der Waals surface area contributed by atoms with E-state index >= 15 is 0 Å². The lowest BCUT2D eigenvalue weighted by Gasteiger charge is -2.00. The average Bonchev–Trinajstić information content (AvgIpc) is 3.51. The Kier molecular flexibility index (Phi) is 3.72. The van der Waals surface area contributed by atoms with Gasteiger partial charge in [0.1, 0.15) is 6.33 Å². The maximum absolute atomic E-state index is 4.64. The molecule has 0 amide bonds. The van der Waals surface area contributed by atoms with E-state index < -0.39 is 0 Å². The standard InChI is InChI=1S/C22H15N7S/c1-12-2-3-19(30-12)21-15-7-18(27-17(15)4-5-25-21)20-16-6-13(10-26-22(16)29-28-20)14-8-23-11-24-9-14/h2-11,27H,1H3,(H,26,28,29). The maximum Gasteiger partial charge on any atom is 0.181 e. The third-order valence-corrected chi connectivity index (χ3v) is 6.10. The number of rotatable bonds is 3. The van der Waals surface area contributed by atoms with Gasteiger partial charge in [0, 0.05) is 57.1 Å². The van der Waals surface area contributed by atoms with Gasteiger partial charge in [-0.15, -0.1) is 11.3 Å². The fraction of sp³-hybridized carbons (Fsp3) is 0.0455. The molecule has 144 valence electrons. The number of hydrogen-bond acceptors (Lipinski definition) is 6. The molecule has 6 aromatic heterocycles. The van der Waals surface area contributed by atoms with Gasteiger partial charge in [0.2, 0.25) is 0 Å². The monoisotopic (exact) mass is 409 g/mol. The Labute approximate surface area is 174 Å². The molecule has 0 bridgehead atoms. The lowest BCUT2D eigenvalue weighted by molar-refractivity contribution is 1.10. The summed E-state index contributed by atoms with van der Waals surface area (Å²) in [4.78, 5) is 23.3. The molecular weight excluding hydrogens is 394 g/mol. The van der Waals surface area contributed by atoms with Crippen LogP contribution in [0.15, 0.2) is 61.4 Å². The number of H-pyrrole nitrogens is 2. The Hall–Kier alpha value is -3.91. The van der Waals surface area contributed by atoms with Crippen molar-refractivity contribution in [1.82, 2.24) is 35.1 Å². The van der Waals surface area contributed by atoms with Crippen LogP contribution in [0.1, 0.15) is 4.88 Å². The average molecular weight is 409 g/mol. The van der Waals surface area contributed by atoms with Crippen molar-refractivity contribution in [3.05, 3.63) is 66.3 Å². The van der Waals surface area contributed by atoms with Crippen LogP contribution in [-0.4, -0.2) is 35.1 Å². The number of nitrogens with one attached hydrogen (secondary N) is 2. The van der Waals surface area contributed by atoms with Gasteiger partial charge in [0.25, 0.3) is 0 Å². The first kappa shape index (κ1) is 17.0. The first-order valence-corrected chi connectivity index (χ1v) is 10.2. The van der Waals surface area contributed by atoms with Crippen LogP contribution in [-0.2, 0) is 0 Å². The highest BCUT2D eigenvalue weighted by Gasteiger charge is 2.15. The van der Waals surface area contributed by atoms with Gasteiger partial charge < -0.3 is 4.98 Å². The number of aromatic amines is 2. The van der Waals surface area contributed by atoms with Crippen molar-refractivity contribution in [1.29, 1.82) is 0 Å². The third-order valence-electron chi connectivity index (χ3n) is 5.09. The second-order valence-electron chi connectivity index (χ2n) is 7.04. The second kappa shape index (κ2) is 6.57. The first-order valence-electron chi connectivity index (χ1n) is 9.41. The van der Waals surface area contributed by atoms with E-state index in [1.165, 1.54) is 11.2 Å². The fourth-order valence-electron chi connectivity index (χ4n) is 3.66. The summed E-state index contributed by atoms with van der Waals surface area (Å²) < 4.78 is 0. The Morgan fingerprint density at radius 2 is 1.80 bits per heavy atom. The molecule has 6 rings (SSSR count). The minimum Gasteiger partial charge on any atom is -0.353 e. The molecule has 30 heavy (non-hydrogen) atoms. The summed E-state index contributed by atoms with van der Waals surface area (Å²) in [6, 6.07) is 10.4. The fourth-order valence-corrected chi connectivity index (χ4v) is 4.54. The maximum atomic E-state index is 4.64. The molecule has 0 aromatic carbocycles. The summed E-state index contributed by atoms with van der Waals surface area (Å²) in [5.74, 6) is 0. The summed E-state index contributed by atoms with van der Waals surface area (Å²) in [6.45, 7) is 2.11. The quantitative estimate of drug-likeness (QED) is 0.429. The number of nitrogens with zero attached hydrogens (tertiary/aromatic N) is 5. The van der Waals surface area contributed by atoms with Crippen molar-refractivity contribution < 1.29 is 0 Å². The van der Waals surface area contributed by atoms with Crippen LogP contribution >= 0.6 is 11.3 Å². The largest absolute Gasteiger partial charge is 0.353 e. The molecule has 0 aliphatic heterocycles. The minimum atomic E-state index is 0.663. The van der Waals surface area contributed by atoms with Crippen LogP contribution in [0, 0.1) is 6.92 Å². The zero-order chi connectivity index (χ0) is 20.1. The lowest BCUT2D eigenvalue weighted by atomic mass is 10.1. The number of thiophene rings is 1. The molecule has 0 atom stereocenters. The Balaban J connectivity index is 1.52. The summed E-state index contributed by atoms with van der Waals surface area (Å²) in [7, 11) is 0. The number of pyridine rings is 2. The van der Waals surface area contributed by atoms with E-state index in [4.69, 9.17) is 0 Å². The molecule has 2 N–H and O–H groups in total. The zero-order valence-electron chi connectivity index (χ0n) is 15.9. The number of hydrogen-bond donors (Lipinski definition) is 2. The molecule has 0 saturated carbocycles. The van der Waals surface area contributed by atoms with E-state index in [9.17, 15) is 0 Å². The molecule has 7 nitrogen and oxygen atoms in total.